The Kier molecular flexibility index (Phi) is 4.79. The van der Waals surface area contributed by atoms with E-state index in [4.69, 9.17) is 0 Å². The molecule has 0 saturated carbocycles. The number of hydrogen-bond donors (Lipinski definition) is 2. The van der Waals surface area contributed by atoms with E-state index in [1.54, 1.807) is 11.4 Å². The zero-order valence-electron chi connectivity index (χ0n) is 11.5. The van der Waals surface area contributed by atoms with Gasteiger partial charge in [-0.2, -0.15) is 0 Å². The van der Waals surface area contributed by atoms with Crippen LogP contribution in [0, 0.1) is 6.92 Å². The molecular weight excluding hydrogens is 314 g/mol. The molecule has 2 N–H and O–H groups in total. The minimum Gasteiger partial charge on any atom is -0.310 e. The van der Waals surface area contributed by atoms with Crippen molar-refractivity contribution in [2.24, 2.45) is 0 Å². The fraction of sp³-hybridized carbons (Fsp3) is 0.417. The third-order valence-electron chi connectivity index (χ3n) is 2.47. The number of nitrogens with zero attached hydrogens (tertiary/aromatic N) is 1. The first kappa shape index (κ1) is 15.4. The molecule has 0 spiro atoms. The van der Waals surface area contributed by atoms with Crippen molar-refractivity contribution < 1.29 is 8.42 Å². The normalized spacial score (nSPS) is 12.0. The molecule has 2 heterocycles. The minimum atomic E-state index is -3.54. The Morgan fingerprint density at radius 3 is 2.65 bits per heavy atom. The minimum absolute atomic E-state index is 0.288. The summed E-state index contributed by atoms with van der Waals surface area (Å²) in [5.41, 5.74) is 0.805. The predicted molar refractivity (Wildman–Crippen MR) is 84.0 cm³/mol. The number of rotatable bonds is 6. The van der Waals surface area contributed by atoms with Crippen molar-refractivity contribution in [3.63, 3.8) is 0 Å². The maximum atomic E-state index is 12.2. The molecule has 0 unspecified atom stereocenters. The van der Waals surface area contributed by atoms with Crippen LogP contribution < -0.4 is 10.0 Å². The van der Waals surface area contributed by atoms with Crippen LogP contribution in [0.2, 0.25) is 0 Å². The molecule has 0 radical (unpaired) electrons. The fourth-order valence-electron chi connectivity index (χ4n) is 1.47. The Labute approximate surface area is 127 Å². The largest absolute Gasteiger partial charge is 0.310 e. The molecule has 0 saturated heterocycles. The van der Waals surface area contributed by atoms with Crippen LogP contribution in [0.25, 0.3) is 0 Å². The topological polar surface area (TPSA) is 71.1 Å². The van der Waals surface area contributed by atoms with E-state index >= 15 is 0 Å². The Hall–Kier alpha value is -0.960. The van der Waals surface area contributed by atoms with Gasteiger partial charge in [0.25, 0.3) is 10.0 Å². The molecular formula is C12H17N3O2S3. The highest BCUT2D eigenvalue weighted by atomic mass is 32.2. The molecule has 2 rings (SSSR count). The summed E-state index contributed by atoms with van der Waals surface area (Å²) in [6.45, 7) is 6.61. The van der Waals surface area contributed by atoms with Gasteiger partial charge in [-0.25, -0.2) is 13.4 Å². The van der Waals surface area contributed by atoms with Gasteiger partial charge in [-0.3, -0.25) is 4.72 Å². The highest BCUT2D eigenvalue weighted by Gasteiger charge is 2.17. The predicted octanol–water partition coefficient (Wildman–Crippen LogP) is 2.81. The standard InChI is InChI=1S/C12H17N3O2S3/c1-8(2)13-5-10-4-11(7-18-10)20(16,17)15-12-14-9(3)6-19-12/h4,6-8,13H,5H2,1-3H3,(H,14,15). The third kappa shape index (κ3) is 4.02. The van der Waals surface area contributed by atoms with E-state index in [9.17, 15) is 8.42 Å². The van der Waals surface area contributed by atoms with Gasteiger partial charge in [0.2, 0.25) is 0 Å². The molecule has 0 fully saturated rings. The average Bonchev–Trinajstić information content (AvgIpc) is 2.95. The van der Waals surface area contributed by atoms with Crippen LogP contribution in [0.1, 0.15) is 24.4 Å². The highest BCUT2D eigenvalue weighted by molar-refractivity contribution is 7.93. The number of aromatic nitrogens is 1. The van der Waals surface area contributed by atoms with Crippen LogP contribution in [0.4, 0.5) is 5.13 Å². The molecule has 2 aromatic rings. The molecule has 0 aliphatic heterocycles. The van der Waals surface area contributed by atoms with Gasteiger partial charge >= 0.3 is 0 Å². The van der Waals surface area contributed by atoms with E-state index in [1.165, 1.54) is 22.7 Å². The molecule has 0 aliphatic rings. The number of anilines is 1. The number of nitrogens with one attached hydrogen (secondary N) is 2. The van der Waals surface area contributed by atoms with Gasteiger partial charge in [-0.05, 0) is 13.0 Å². The van der Waals surface area contributed by atoms with Crippen molar-refractivity contribution in [1.29, 1.82) is 0 Å². The molecule has 5 nitrogen and oxygen atoms in total. The maximum Gasteiger partial charge on any atom is 0.264 e. The number of aryl methyl sites for hydroxylation is 1. The molecule has 110 valence electrons. The van der Waals surface area contributed by atoms with Crippen LogP contribution in [-0.4, -0.2) is 19.4 Å². The second-order valence-electron chi connectivity index (χ2n) is 4.68. The van der Waals surface area contributed by atoms with Crippen LogP contribution in [-0.2, 0) is 16.6 Å². The lowest BCUT2D eigenvalue weighted by Gasteiger charge is -2.05. The summed E-state index contributed by atoms with van der Waals surface area (Å²) in [5, 5.41) is 7.13. The Morgan fingerprint density at radius 2 is 2.05 bits per heavy atom. The van der Waals surface area contributed by atoms with E-state index in [0.717, 1.165) is 10.6 Å². The zero-order valence-corrected chi connectivity index (χ0v) is 14.0. The molecule has 8 heteroatoms. The van der Waals surface area contributed by atoms with Crippen molar-refractivity contribution in [3.8, 4) is 0 Å². The van der Waals surface area contributed by atoms with Gasteiger partial charge in [0.1, 0.15) is 0 Å². The van der Waals surface area contributed by atoms with Gasteiger partial charge in [-0.15, -0.1) is 22.7 Å². The highest BCUT2D eigenvalue weighted by Crippen LogP contribution is 2.23. The lowest BCUT2D eigenvalue weighted by Crippen LogP contribution is -2.21. The van der Waals surface area contributed by atoms with Crippen molar-refractivity contribution in [2.45, 2.75) is 38.3 Å². The summed E-state index contributed by atoms with van der Waals surface area (Å²) >= 11 is 2.72. The van der Waals surface area contributed by atoms with Crippen molar-refractivity contribution in [3.05, 3.63) is 27.4 Å². The molecule has 0 bridgehead atoms. The van der Waals surface area contributed by atoms with Crippen molar-refractivity contribution >= 4 is 37.8 Å². The van der Waals surface area contributed by atoms with Gasteiger partial charge in [0.15, 0.2) is 5.13 Å². The number of thiazole rings is 1. The molecule has 0 aromatic carbocycles. The quantitative estimate of drug-likeness (QED) is 0.854. The molecule has 0 atom stereocenters. The van der Waals surface area contributed by atoms with Gasteiger partial charge in [0, 0.05) is 28.2 Å². The lowest BCUT2D eigenvalue weighted by atomic mass is 10.4. The first-order chi connectivity index (χ1) is 9.37. The van der Waals surface area contributed by atoms with E-state index < -0.39 is 10.0 Å². The first-order valence-corrected chi connectivity index (χ1v) is 9.37. The molecule has 20 heavy (non-hydrogen) atoms. The van der Waals surface area contributed by atoms with Crippen molar-refractivity contribution in [1.82, 2.24) is 10.3 Å². The average molecular weight is 331 g/mol. The van der Waals surface area contributed by atoms with Gasteiger partial charge in [0.05, 0.1) is 10.6 Å². The number of thiophene rings is 1. The Morgan fingerprint density at radius 1 is 1.30 bits per heavy atom. The number of sulfonamides is 1. The van der Waals surface area contributed by atoms with Gasteiger partial charge in [-0.1, -0.05) is 13.8 Å². The summed E-state index contributed by atoms with van der Waals surface area (Å²) in [5.74, 6) is 0. The summed E-state index contributed by atoms with van der Waals surface area (Å²) < 4.78 is 26.9. The second-order valence-corrected chi connectivity index (χ2v) is 8.22. The van der Waals surface area contributed by atoms with Gasteiger partial charge < -0.3 is 5.32 Å². The zero-order chi connectivity index (χ0) is 14.8. The van der Waals surface area contributed by atoms with Crippen LogP contribution in [0.15, 0.2) is 21.7 Å². The molecule has 0 aliphatic carbocycles. The van der Waals surface area contributed by atoms with Crippen LogP contribution >= 0.6 is 22.7 Å². The summed E-state index contributed by atoms with van der Waals surface area (Å²) in [7, 11) is -3.54. The smallest absolute Gasteiger partial charge is 0.264 e. The molecule has 2 aromatic heterocycles. The van der Waals surface area contributed by atoms with E-state index in [-0.39, 0.29) is 4.90 Å². The number of hydrogen-bond acceptors (Lipinski definition) is 6. The second kappa shape index (κ2) is 6.21. The first-order valence-electron chi connectivity index (χ1n) is 6.12. The summed E-state index contributed by atoms with van der Waals surface area (Å²) in [6.07, 6.45) is 0. The SMILES string of the molecule is Cc1csc(NS(=O)(=O)c2csc(CNC(C)C)c2)n1. The fourth-order valence-corrected chi connectivity index (χ4v) is 4.64. The van der Waals surface area contributed by atoms with E-state index in [0.29, 0.717) is 17.7 Å². The monoisotopic (exact) mass is 331 g/mol. The molecule has 0 amide bonds. The third-order valence-corrected chi connectivity index (χ3v) is 5.87. The summed E-state index contributed by atoms with van der Waals surface area (Å²) in [4.78, 5) is 5.39. The van der Waals surface area contributed by atoms with Crippen LogP contribution in [0.3, 0.4) is 0 Å². The maximum absolute atomic E-state index is 12.2. The lowest BCUT2D eigenvalue weighted by molar-refractivity contribution is 0.592. The summed E-state index contributed by atoms with van der Waals surface area (Å²) in [6, 6.07) is 2.07. The van der Waals surface area contributed by atoms with E-state index in [2.05, 4.69) is 28.9 Å². The van der Waals surface area contributed by atoms with E-state index in [1.807, 2.05) is 12.3 Å². The Bertz CT molecular complexity index is 674. The van der Waals surface area contributed by atoms with Crippen molar-refractivity contribution in [2.75, 3.05) is 4.72 Å². The van der Waals surface area contributed by atoms with Crippen LogP contribution in [0.5, 0.6) is 0 Å². The Balaban J connectivity index is 2.09.